The zero-order valence-corrected chi connectivity index (χ0v) is 13.2. The van der Waals surface area contributed by atoms with E-state index in [-0.39, 0.29) is 5.41 Å². The Kier molecular flexibility index (Phi) is 5.03. The van der Waals surface area contributed by atoms with E-state index < -0.39 is 0 Å². The zero-order valence-electron chi connectivity index (χ0n) is 13.2. The molecule has 0 N–H and O–H groups in total. The van der Waals surface area contributed by atoms with Gasteiger partial charge in [-0.15, -0.1) is 5.73 Å². The fourth-order valence-electron chi connectivity index (χ4n) is 2.56. The van der Waals surface area contributed by atoms with Gasteiger partial charge in [0.1, 0.15) is 5.75 Å². The maximum Gasteiger partial charge on any atom is 0.129 e. The Hall–Kier alpha value is -1.46. The number of rotatable bonds is 5. The minimum Gasteiger partial charge on any atom is -0.496 e. The molecule has 0 aromatic heterocycles. The van der Waals surface area contributed by atoms with E-state index in [0.717, 1.165) is 24.2 Å². The van der Waals surface area contributed by atoms with Crippen molar-refractivity contribution >= 4 is 6.08 Å². The standard InChI is InChI=1S/C18H26O/c1-8-11-15-14(9-2)16(18(5,6)10-3)12-13(4)17(15)19-7/h11-12H,1,9-10H2,2-7H3. The summed E-state index contributed by atoms with van der Waals surface area (Å²) in [6, 6.07) is 2.28. The van der Waals surface area contributed by atoms with Crippen LogP contribution in [-0.4, -0.2) is 7.11 Å². The van der Waals surface area contributed by atoms with Crippen molar-refractivity contribution in [2.75, 3.05) is 7.11 Å². The minimum atomic E-state index is 0.173. The van der Waals surface area contributed by atoms with Crippen molar-refractivity contribution in [3.05, 3.63) is 40.6 Å². The number of hydrogen-bond acceptors (Lipinski definition) is 1. The van der Waals surface area contributed by atoms with E-state index in [4.69, 9.17) is 4.74 Å². The van der Waals surface area contributed by atoms with Crippen molar-refractivity contribution in [3.63, 3.8) is 0 Å². The van der Waals surface area contributed by atoms with Gasteiger partial charge in [-0.3, -0.25) is 0 Å². The van der Waals surface area contributed by atoms with Crippen LogP contribution in [0.3, 0.4) is 0 Å². The third-order valence-electron chi connectivity index (χ3n) is 4.03. The smallest absolute Gasteiger partial charge is 0.129 e. The van der Waals surface area contributed by atoms with Gasteiger partial charge in [0.2, 0.25) is 0 Å². The number of methoxy groups -OCH3 is 1. The second-order valence-electron chi connectivity index (χ2n) is 5.61. The molecule has 1 rings (SSSR count). The lowest BCUT2D eigenvalue weighted by molar-refractivity contribution is 0.408. The monoisotopic (exact) mass is 258 g/mol. The topological polar surface area (TPSA) is 9.23 Å². The lowest BCUT2D eigenvalue weighted by Crippen LogP contribution is -2.19. The molecule has 0 radical (unpaired) electrons. The lowest BCUT2D eigenvalue weighted by Gasteiger charge is -2.29. The summed E-state index contributed by atoms with van der Waals surface area (Å²) in [4.78, 5) is 0. The molecule has 1 aromatic carbocycles. The quantitative estimate of drug-likeness (QED) is 0.671. The summed E-state index contributed by atoms with van der Waals surface area (Å²) in [6.07, 6.45) is 4.05. The van der Waals surface area contributed by atoms with Crippen molar-refractivity contribution in [3.8, 4) is 5.75 Å². The molecule has 0 bridgehead atoms. The van der Waals surface area contributed by atoms with Gasteiger partial charge in [0, 0.05) is 5.56 Å². The van der Waals surface area contributed by atoms with Crippen molar-refractivity contribution in [1.29, 1.82) is 0 Å². The second-order valence-corrected chi connectivity index (χ2v) is 5.61. The minimum absolute atomic E-state index is 0.173. The molecule has 0 aliphatic carbocycles. The van der Waals surface area contributed by atoms with Crippen LogP contribution in [0.2, 0.25) is 0 Å². The molecule has 1 aromatic rings. The first-order chi connectivity index (χ1) is 8.92. The number of benzene rings is 1. The Balaban J connectivity index is 3.72. The summed E-state index contributed by atoms with van der Waals surface area (Å²) in [6.45, 7) is 14.9. The van der Waals surface area contributed by atoms with Gasteiger partial charge < -0.3 is 4.74 Å². The van der Waals surface area contributed by atoms with Gasteiger partial charge in [-0.2, -0.15) is 0 Å². The number of ether oxygens (including phenoxy) is 1. The normalized spacial score (nSPS) is 11.1. The third-order valence-corrected chi connectivity index (χ3v) is 4.03. The van der Waals surface area contributed by atoms with Crippen molar-refractivity contribution < 1.29 is 4.74 Å². The van der Waals surface area contributed by atoms with E-state index in [9.17, 15) is 0 Å². The first-order valence-corrected chi connectivity index (χ1v) is 6.99. The zero-order chi connectivity index (χ0) is 14.6. The molecule has 19 heavy (non-hydrogen) atoms. The van der Waals surface area contributed by atoms with Crippen LogP contribution < -0.4 is 4.74 Å². The predicted molar refractivity (Wildman–Crippen MR) is 84.0 cm³/mol. The maximum absolute atomic E-state index is 5.57. The summed E-state index contributed by atoms with van der Waals surface area (Å²) in [5, 5.41) is 0. The van der Waals surface area contributed by atoms with Crippen molar-refractivity contribution in [2.24, 2.45) is 0 Å². The molecule has 0 aliphatic heterocycles. The molecule has 0 saturated carbocycles. The van der Waals surface area contributed by atoms with Gasteiger partial charge in [0.25, 0.3) is 0 Å². The number of hydrogen-bond donors (Lipinski definition) is 0. The molecule has 0 atom stereocenters. The summed E-state index contributed by atoms with van der Waals surface area (Å²) in [5.74, 6) is 0.948. The van der Waals surface area contributed by atoms with Crippen LogP contribution >= 0.6 is 0 Å². The van der Waals surface area contributed by atoms with E-state index in [1.807, 2.05) is 6.08 Å². The third kappa shape index (κ3) is 2.93. The Labute approximate surface area is 118 Å². The molecule has 104 valence electrons. The molecule has 1 nitrogen and oxygen atoms in total. The highest BCUT2D eigenvalue weighted by molar-refractivity contribution is 5.66. The molecule has 0 spiro atoms. The van der Waals surface area contributed by atoms with E-state index in [0.29, 0.717) is 0 Å². The van der Waals surface area contributed by atoms with Crippen LogP contribution in [0.25, 0.3) is 6.08 Å². The highest BCUT2D eigenvalue weighted by Crippen LogP contribution is 2.38. The van der Waals surface area contributed by atoms with Crippen LogP contribution in [0.1, 0.15) is 56.4 Å². The average molecular weight is 258 g/mol. The summed E-state index contributed by atoms with van der Waals surface area (Å²) < 4.78 is 5.57. The Morgan fingerprint density at radius 2 is 2.00 bits per heavy atom. The molecule has 0 heterocycles. The van der Waals surface area contributed by atoms with Gasteiger partial charge in [0.15, 0.2) is 0 Å². The molecule has 0 unspecified atom stereocenters. The van der Waals surface area contributed by atoms with Gasteiger partial charge in [-0.25, -0.2) is 0 Å². The van der Waals surface area contributed by atoms with Crippen molar-refractivity contribution in [1.82, 2.24) is 0 Å². The largest absolute Gasteiger partial charge is 0.496 e. The van der Waals surface area contributed by atoms with E-state index in [1.54, 1.807) is 7.11 Å². The highest BCUT2D eigenvalue weighted by atomic mass is 16.5. The Bertz CT molecular complexity index is 503. The van der Waals surface area contributed by atoms with Crippen LogP contribution in [0.4, 0.5) is 0 Å². The molecular weight excluding hydrogens is 232 g/mol. The Morgan fingerprint density at radius 3 is 2.42 bits per heavy atom. The Morgan fingerprint density at radius 1 is 1.37 bits per heavy atom. The summed E-state index contributed by atoms with van der Waals surface area (Å²) in [7, 11) is 1.73. The van der Waals surface area contributed by atoms with E-state index in [2.05, 4.69) is 53.0 Å². The van der Waals surface area contributed by atoms with E-state index >= 15 is 0 Å². The molecule has 0 aliphatic rings. The van der Waals surface area contributed by atoms with E-state index in [1.165, 1.54) is 16.7 Å². The predicted octanol–water partition coefficient (Wildman–Crippen LogP) is 5.05. The van der Waals surface area contributed by atoms with Gasteiger partial charge in [-0.1, -0.05) is 40.3 Å². The summed E-state index contributed by atoms with van der Waals surface area (Å²) in [5.41, 5.74) is 8.16. The van der Waals surface area contributed by atoms with Gasteiger partial charge in [0.05, 0.1) is 7.11 Å². The highest BCUT2D eigenvalue weighted by Gasteiger charge is 2.24. The molecule has 0 amide bonds. The fraction of sp³-hybridized carbons (Fsp3) is 0.500. The van der Waals surface area contributed by atoms with Crippen LogP contribution in [0.15, 0.2) is 18.4 Å². The fourth-order valence-corrected chi connectivity index (χ4v) is 2.56. The first-order valence-electron chi connectivity index (χ1n) is 6.99. The van der Waals surface area contributed by atoms with Crippen molar-refractivity contribution in [2.45, 2.75) is 52.9 Å². The van der Waals surface area contributed by atoms with Gasteiger partial charge >= 0.3 is 0 Å². The second kappa shape index (κ2) is 6.12. The molecular formula is C18H26O. The molecule has 0 fully saturated rings. The number of aryl methyl sites for hydroxylation is 1. The van der Waals surface area contributed by atoms with Crippen LogP contribution in [0.5, 0.6) is 5.75 Å². The average Bonchev–Trinajstić information content (AvgIpc) is 2.38. The lowest BCUT2D eigenvalue weighted by atomic mass is 9.76. The molecule has 1 heteroatoms. The maximum atomic E-state index is 5.57. The van der Waals surface area contributed by atoms with Crippen LogP contribution in [-0.2, 0) is 11.8 Å². The SMILES string of the molecule is C=C=Cc1c(CC)c(C(C)(C)CC)cc(C)c1OC. The molecule has 0 saturated heterocycles. The van der Waals surface area contributed by atoms with Gasteiger partial charge in [-0.05, 0) is 47.9 Å². The first kappa shape index (κ1) is 15.6. The summed E-state index contributed by atoms with van der Waals surface area (Å²) >= 11 is 0. The van der Waals surface area contributed by atoms with Crippen LogP contribution in [0, 0.1) is 6.92 Å².